The van der Waals surface area contributed by atoms with Gasteiger partial charge in [0.2, 0.25) is 23.3 Å². The van der Waals surface area contributed by atoms with Crippen LogP contribution in [0.25, 0.3) is 0 Å². The van der Waals surface area contributed by atoms with Gasteiger partial charge < -0.3 is 86.6 Å². The normalized spacial score (nSPS) is 22.8. The van der Waals surface area contributed by atoms with Gasteiger partial charge in [0.25, 0.3) is 0 Å². The Morgan fingerprint density at radius 1 is 0.729 bits per heavy atom. The van der Waals surface area contributed by atoms with Gasteiger partial charge in [-0.2, -0.15) is 10.2 Å². The van der Waals surface area contributed by atoms with E-state index in [2.05, 4.69) is 100 Å². The van der Waals surface area contributed by atoms with E-state index < -0.39 is 0 Å². The number of β-amino-alcohol motifs (C(OH)–C–C–N with tert-alkyl or cyclic N) is 1. The van der Waals surface area contributed by atoms with E-state index >= 15 is 0 Å². The zero-order valence-corrected chi connectivity index (χ0v) is 62.6. The molecule has 0 radical (unpaired) electrons. The number of likely N-dealkylation sites (tertiary alicyclic amines) is 4. The largest absolute Gasteiger partial charge is 0.392 e. The Balaban J connectivity index is 0.000000372. The van der Waals surface area contributed by atoms with Crippen molar-refractivity contribution in [1.29, 1.82) is 0 Å². The molecule has 556 valence electrons. The van der Waals surface area contributed by atoms with E-state index in [9.17, 15) is 19.2 Å². The van der Waals surface area contributed by atoms with Crippen molar-refractivity contribution in [2.24, 2.45) is 5.92 Å². The molecule has 3 amide bonds. The highest BCUT2D eigenvalue weighted by Crippen LogP contribution is 2.29. The van der Waals surface area contributed by atoms with E-state index in [4.69, 9.17) is 14.6 Å². The van der Waals surface area contributed by atoms with Crippen LogP contribution in [-0.4, -0.2) is 292 Å². The number of aromatic nitrogens is 3. The maximum absolute atomic E-state index is 11.6. The van der Waals surface area contributed by atoms with Crippen LogP contribution in [-0.2, 0) is 23.9 Å². The van der Waals surface area contributed by atoms with Crippen molar-refractivity contribution in [1.82, 2.24) is 76.5 Å². The minimum atomic E-state index is -0.0750. The van der Waals surface area contributed by atoms with Gasteiger partial charge in [-0.25, -0.2) is 0 Å². The lowest BCUT2D eigenvalue weighted by molar-refractivity contribution is -0.133. The molecule has 0 spiro atoms. The smallest absolute Gasteiger partial charge is 0.248 e. The second kappa shape index (κ2) is 56.3. The van der Waals surface area contributed by atoms with Crippen molar-refractivity contribution in [2.75, 3.05) is 193 Å². The van der Waals surface area contributed by atoms with E-state index in [1.54, 1.807) is 57.7 Å². The minimum absolute atomic E-state index is 0.0249. The minimum Gasteiger partial charge on any atom is -0.392 e. The molecule has 5 aliphatic heterocycles. The summed E-state index contributed by atoms with van der Waals surface area (Å²) in [6.07, 6.45) is 34.5. The van der Waals surface area contributed by atoms with Crippen molar-refractivity contribution in [3.8, 4) is 0 Å². The molecule has 96 heavy (non-hydrogen) atoms. The number of H-pyrrole nitrogens is 1. The molecule has 10 rings (SSSR count). The molecule has 8 fully saturated rings. The summed E-state index contributed by atoms with van der Waals surface area (Å²) in [6.45, 7) is 19.9. The van der Waals surface area contributed by atoms with Gasteiger partial charge in [-0.05, 0) is 216 Å². The first-order valence-electron chi connectivity index (χ1n) is 37.0. The predicted molar refractivity (Wildman–Crippen MR) is 396 cm³/mol. The Labute approximate surface area is 582 Å². The van der Waals surface area contributed by atoms with Crippen LogP contribution in [0.15, 0.2) is 41.6 Å². The van der Waals surface area contributed by atoms with Crippen LogP contribution in [0.1, 0.15) is 162 Å². The first kappa shape index (κ1) is 87.6. The number of rotatable bonds is 23. The monoisotopic (exact) mass is 1360 g/mol. The SMILES string of the molecule is CCCCC1CCCN1C.CN1CCC(O)C1.CNC(C)C(=O)N1CCCCC1.CNC1CCC(OCCN2CCOCC2)CC1.CNC1CCCC(NCC2CC2)C1.CNCC(=O)N(C)C.CNCCCCN1CCCC1=O.CNc1ccc(=O)[nH]c1.CNc1ccnnc1. The molecule has 0 aromatic carbocycles. The molecule has 0 bridgehead atoms. The van der Waals surface area contributed by atoms with Crippen LogP contribution < -0.4 is 48.1 Å². The van der Waals surface area contributed by atoms with Gasteiger partial charge >= 0.3 is 0 Å². The fourth-order valence-electron chi connectivity index (χ4n) is 12.1. The molecule has 8 aliphatic rings. The Morgan fingerprint density at radius 3 is 1.93 bits per heavy atom. The first-order valence-corrected chi connectivity index (χ1v) is 37.0. The number of amides is 3. The third kappa shape index (κ3) is 43.2. The van der Waals surface area contributed by atoms with Gasteiger partial charge in [0.05, 0.1) is 68.4 Å². The van der Waals surface area contributed by atoms with Crippen LogP contribution in [0.2, 0.25) is 0 Å². The number of carbonyl (C=O) groups excluding carboxylic acids is 3. The number of nitrogens with one attached hydrogen (secondary N) is 9. The number of hydrogen-bond acceptors (Lipinski definition) is 20. The number of morpholine rings is 1. The Morgan fingerprint density at radius 2 is 1.44 bits per heavy atom. The summed E-state index contributed by atoms with van der Waals surface area (Å²) in [6, 6.07) is 8.23. The summed E-state index contributed by atoms with van der Waals surface area (Å²) < 4.78 is 11.3. The molecule has 10 N–H and O–H groups in total. The van der Waals surface area contributed by atoms with Crippen LogP contribution in [0, 0.1) is 5.92 Å². The van der Waals surface area contributed by atoms with Crippen LogP contribution in [0.5, 0.6) is 0 Å². The van der Waals surface area contributed by atoms with Crippen LogP contribution >= 0.6 is 0 Å². The van der Waals surface area contributed by atoms with Crippen LogP contribution in [0.4, 0.5) is 11.4 Å². The zero-order chi connectivity index (χ0) is 70.6. The molecular weight excluding hydrogens is 1210 g/mol. The van der Waals surface area contributed by atoms with E-state index in [1.165, 1.54) is 141 Å². The van der Waals surface area contributed by atoms with Gasteiger partial charge in [-0.1, -0.05) is 26.2 Å². The van der Waals surface area contributed by atoms with Gasteiger partial charge in [0.15, 0.2) is 0 Å². The number of unbranched alkanes of at least 4 members (excludes halogenated alkanes) is 2. The summed E-state index contributed by atoms with van der Waals surface area (Å²) >= 11 is 0. The summed E-state index contributed by atoms with van der Waals surface area (Å²) in [4.78, 5) is 58.9. The molecule has 3 aliphatic carbocycles. The van der Waals surface area contributed by atoms with Crippen molar-refractivity contribution < 1.29 is 29.0 Å². The fourth-order valence-corrected chi connectivity index (χ4v) is 12.1. The fraction of sp³-hybridized carbons (Fsp3) is 0.833. The third-order valence-corrected chi connectivity index (χ3v) is 18.9. The lowest BCUT2D eigenvalue weighted by Crippen LogP contribution is -2.45. The van der Waals surface area contributed by atoms with E-state index in [1.807, 2.05) is 51.0 Å². The average Bonchev–Trinajstić information content (AvgIpc) is 3.87. The molecule has 5 unspecified atom stereocenters. The van der Waals surface area contributed by atoms with E-state index in [0.29, 0.717) is 24.6 Å². The molecule has 7 heterocycles. The van der Waals surface area contributed by atoms with E-state index in [0.717, 1.165) is 146 Å². The average molecular weight is 1360 g/mol. The summed E-state index contributed by atoms with van der Waals surface area (Å²) in [5, 5.41) is 41.2. The number of aliphatic hydroxyl groups is 1. The number of piperidine rings is 1. The zero-order valence-electron chi connectivity index (χ0n) is 62.6. The third-order valence-electron chi connectivity index (χ3n) is 18.9. The van der Waals surface area contributed by atoms with Gasteiger partial charge in [-0.15, -0.1) is 0 Å². The number of nitrogens with zero attached hydrogens (tertiary/aromatic N) is 8. The highest BCUT2D eigenvalue weighted by molar-refractivity contribution is 5.81. The van der Waals surface area contributed by atoms with E-state index in [-0.39, 0.29) is 29.5 Å². The number of likely N-dealkylation sites (N-methyl/N-ethyl adjacent to an activating group) is 4. The number of hydrogen-bond donors (Lipinski definition) is 10. The number of ether oxygens (including phenoxy) is 2. The van der Waals surface area contributed by atoms with Crippen molar-refractivity contribution >= 4 is 29.1 Å². The number of pyridine rings is 1. The quantitative estimate of drug-likeness (QED) is 0.0591. The van der Waals surface area contributed by atoms with Crippen molar-refractivity contribution in [3.05, 3.63) is 47.1 Å². The molecule has 2 aromatic heterocycles. The maximum atomic E-state index is 11.6. The molecular formula is C72H141N17O7. The van der Waals surface area contributed by atoms with Crippen LogP contribution in [0.3, 0.4) is 0 Å². The summed E-state index contributed by atoms with van der Waals surface area (Å²) in [5.41, 5.74) is 1.82. The molecule has 5 atom stereocenters. The Kier molecular flexibility index (Phi) is 51.4. The number of aliphatic hydroxyl groups excluding tert-OH is 1. The molecule has 24 nitrogen and oxygen atoms in total. The highest BCUT2D eigenvalue weighted by atomic mass is 16.5. The predicted octanol–water partition coefficient (Wildman–Crippen LogP) is 5.78. The van der Waals surface area contributed by atoms with Gasteiger partial charge in [0, 0.05) is 130 Å². The Hall–Kier alpha value is -4.44. The van der Waals surface area contributed by atoms with Gasteiger partial charge in [0.1, 0.15) is 0 Å². The molecule has 24 heteroatoms. The second-order valence-corrected chi connectivity index (χ2v) is 27.0. The topological polar surface area (TPSA) is 264 Å². The second-order valence-electron chi connectivity index (χ2n) is 27.0. The lowest BCUT2D eigenvalue weighted by atomic mass is 9.91. The number of aromatic amines is 1. The highest BCUT2D eigenvalue weighted by Gasteiger charge is 2.26. The molecule has 3 saturated carbocycles. The standard InChI is InChI=1S/C13H26N2O2.C11H22N2.2C9H18N2O.C9H19N.C6H8N2O.C5H7N3.C5H12N2O.C5H11NO/c1-14-12-2-4-13(5-3-12)17-11-8-15-6-9-16-10-7-15;1-12-10-3-2-4-11(7-10)13-8-9-5-6-9;1-8(10-2)9(12)11-6-4-3-5-7-11;1-10-6-2-3-7-11-8-4-5-9(11)12;1-3-4-6-9-7-5-8-10(9)2;1-7-5-2-3-6(9)8-4-5;1-6-5-2-3-7-8-4-5;1-6-4-5(8)7(2)3;1-6-3-2-5(7)4-6/h12-14H,2-11H2,1H3;9-13H,2-8H2,1H3;8,10H,3-7H2,1-2H3;10H,2-8H2,1H3;9H,3-8H2,1-2H3;2-4,7H,1H3,(H,8,9);2-4H,1H3,(H,6,7);6H,4H2,1-3H3;5,7H,2-4H2,1H3. The maximum Gasteiger partial charge on any atom is 0.248 e. The number of carbonyl (C=O) groups is 3. The van der Waals surface area contributed by atoms with Gasteiger partial charge in [-0.3, -0.25) is 24.1 Å². The molecule has 2 aromatic rings. The first-order chi connectivity index (χ1) is 46.4. The van der Waals surface area contributed by atoms with Crippen molar-refractivity contribution in [3.63, 3.8) is 0 Å². The summed E-state index contributed by atoms with van der Waals surface area (Å²) in [7, 11) is 21.1. The summed E-state index contributed by atoms with van der Waals surface area (Å²) in [5.74, 6) is 1.72. The number of anilines is 2. The van der Waals surface area contributed by atoms with Crippen molar-refractivity contribution in [2.45, 2.75) is 204 Å². The Bertz CT molecular complexity index is 2210. The lowest BCUT2D eigenvalue weighted by Gasteiger charge is -2.30. The molecule has 5 saturated heterocycles.